The van der Waals surface area contributed by atoms with Crippen LogP contribution in [0.5, 0.6) is 11.5 Å². The number of methoxy groups -OCH3 is 1. The molecule has 0 radical (unpaired) electrons. The number of hydrogen-bond donors (Lipinski definition) is 1. The number of benzene rings is 2. The van der Waals surface area contributed by atoms with E-state index in [1.807, 2.05) is 48.5 Å². The fraction of sp³-hybridized carbons (Fsp3) is 0.278. The van der Waals surface area contributed by atoms with Crippen LogP contribution < -0.4 is 14.8 Å². The molecule has 24 heavy (non-hydrogen) atoms. The minimum Gasteiger partial charge on any atom is -0.493 e. The molecule has 2 rings (SSSR count). The Morgan fingerprint density at radius 1 is 1.17 bits per heavy atom. The lowest BCUT2D eigenvalue weighted by atomic mass is 10.2. The third-order valence-corrected chi connectivity index (χ3v) is 4.38. The zero-order valence-electron chi connectivity index (χ0n) is 13.5. The Hall–Kier alpha value is -1.85. The van der Waals surface area contributed by atoms with Gasteiger partial charge in [-0.2, -0.15) is 0 Å². The number of nitrogens with one attached hydrogen (secondary N) is 1. The van der Waals surface area contributed by atoms with Gasteiger partial charge in [0.2, 0.25) is 5.91 Å². The number of carbonyl (C=O) groups excluding carboxylic acids is 1. The maximum absolute atomic E-state index is 11.8. The van der Waals surface area contributed by atoms with Crippen molar-refractivity contribution in [1.29, 1.82) is 0 Å². The average Bonchev–Trinajstić information content (AvgIpc) is 2.59. The van der Waals surface area contributed by atoms with Crippen molar-refractivity contribution in [3.63, 3.8) is 0 Å². The number of thioether (sulfide) groups is 1. The van der Waals surface area contributed by atoms with Gasteiger partial charge in [-0.3, -0.25) is 4.79 Å². The van der Waals surface area contributed by atoms with Gasteiger partial charge < -0.3 is 14.8 Å². The second-order valence-corrected chi connectivity index (χ2v) is 6.39. The van der Waals surface area contributed by atoms with Gasteiger partial charge in [-0.1, -0.05) is 35.9 Å². The Labute approximate surface area is 151 Å². The summed E-state index contributed by atoms with van der Waals surface area (Å²) in [5.74, 6) is 2.50. The number of ether oxygens (including phenoxy) is 2. The molecule has 4 nitrogen and oxygen atoms in total. The molecule has 2 aromatic rings. The van der Waals surface area contributed by atoms with E-state index in [-0.39, 0.29) is 5.91 Å². The van der Waals surface area contributed by atoms with Gasteiger partial charge in [-0.25, -0.2) is 0 Å². The molecule has 2 aromatic carbocycles. The summed E-state index contributed by atoms with van der Waals surface area (Å²) in [5, 5.41) is 3.55. The predicted octanol–water partition coefficient (Wildman–Crippen LogP) is 3.78. The molecule has 0 saturated carbocycles. The van der Waals surface area contributed by atoms with Crippen molar-refractivity contribution >= 4 is 29.3 Å². The highest BCUT2D eigenvalue weighted by atomic mass is 35.5. The molecule has 0 atom stereocenters. The molecule has 128 valence electrons. The second kappa shape index (κ2) is 10.1. The summed E-state index contributed by atoms with van der Waals surface area (Å²) in [5.41, 5.74) is 1.11. The van der Waals surface area contributed by atoms with E-state index in [2.05, 4.69) is 5.32 Å². The topological polar surface area (TPSA) is 47.6 Å². The normalized spacial score (nSPS) is 10.2. The van der Waals surface area contributed by atoms with Gasteiger partial charge in [-0.05, 0) is 29.8 Å². The fourth-order valence-corrected chi connectivity index (χ4v) is 3.05. The third kappa shape index (κ3) is 6.34. The van der Waals surface area contributed by atoms with E-state index in [0.29, 0.717) is 35.4 Å². The summed E-state index contributed by atoms with van der Waals surface area (Å²) in [7, 11) is 1.60. The van der Waals surface area contributed by atoms with Gasteiger partial charge in [0.25, 0.3) is 0 Å². The van der Waals surface area contributed by atoms with Crippen LogP contribution in [-0.2, 0) is 10.5 Å². The van der Waals surface area contributed by atoms with Gasteiger partial charge in [0.15, 0.2) is 11.5 Å². The van der Waals surface area contributed by atoms with Gasteiger partial charge >= 0.3 is 0 Å². The van der Waals surface area contributed by atoms with Crippen LogP contribution in [0.4, 0.5) is 0 Å². The molecule has 0 fully saturated rings. The molecule has 0 aromatic heterocycles. The van der Waals surface area contributed by atoms with Gasteiger partial charge in [-0.15, -0.1) is 11.8 Å². The fourth-order valence-electron chi connectivity index (χ4n) is 2.03. The third-order valence-electron chi connectivity index (χ3n) is 3.14. The Morgan fingerprint density at radius 2 is 1.96 bits per heavy atom. The average molecular weight is 366 g/mol. The number of hydrogen-bond acceptors (Lipinski definition) is 4. The number of amides is 1. The number of carbonyl (C=O) groups is 1. The summed E-state index contributed by atoms with van der Waals surface area (Å²) in [6.07, 6.45) is 0. The molecule has 1 amide bonds. The van der Waals surface area contributed by atoms with Crippen LogP contribution in [0.3, 0.4) is 0 Å². The molecule has 0 aliphatic heterocycles. The molecule has 0 spiro atoms. The van der Waals surface area contributed by atoms with E-state index in [1.165, 1.54) is 0 Å². The molecule has 0 unspecified atom stereocenters. The van der Waals surface area contributed by atoms with Crippen LogP contribution >= 0.6 is 23.4 Å². The SMILES string of the molecule is COc1ccccc1OCCNC(=O)CSCc1cccc(Cl)c1. The quantitative estimate of drug-likeness (QED) is 0.687. The van der Waals surface area contributed by atoms with E-state index >= 15 is 0 Å². The lowest BCUT2D eigenvalue weighted by molar-refractivity contribution is -0.118. The standard InChI is InChI=1S/C18H20ClNO3S/c1-22-16-7-2-3-8-17(16)23-10-9-20-18(21)13-24-12-14-5-4-6-15(19)11-14/h2-8,11H,9-10,12-13H2,1H3,(H,20,21). The highest BCUT2D eigenvalue weighted by molar-refractivity contribution is 7.99. The van der Waals surface area contributed by atoms with Gasteiger partial charge in [0, 0.05) is 10.8 Å². The maximum atomic E-state index is 11.8. The van der Waals surface area contributed by atoms with Crippen molar-refractivity contribution in [3.8, 4) is 11.5 Å². The van der Waals surface area contributed by atoms with Crippen LogP contribution in [0, 0.1) is 0 Å². The van der Waals surface area contributed by atoms with Crippen molar-refractivity contribution in [2.45, 2.75) is 5.75 Å². The lowest BCUT2D eigenvalue weighted by Crippen LogP contribution is -2.29. The Kier molecular flexibility index (Phi) is 7.79. The van der Waals surface area contributed by atoms with E-state index in [4.69, 9.17) is 21.1 Å². The molecule has 1 N–H and O–H groups in total. The Bertz CT molecular complexity index is 666. The van der Waals surface area contributed by atoms with Crippen LogP contribution in [0.2, 0.25) is 5.02 Å². The molecule has 0 saturated heterocycles. The molecular formula is C18H20ClNO3S. The maximum Gasteiger partial charge on any atom is 0.230 e. The van der Waals surface area contributed by atoms with E-state index in [9.17, 15) is 4.79 Å². The highest BCUT2D eigenvalue weighted by Gasteiger charge is 2.04. The Balaban J connectivity index is 1.61. The van der Waals surface area contributed by atoms with Gasteiger partial charge in [0.05, 0.1) is 19.4 Å². The zero-order chi connectivity index (χ0) is 17.2. The number of halogens is 1. The predicted molar refractivity (Wildman–Crippen MR) is 99.1 cm³/mol. The van der Waals surface area contributed by atoms with E-state index in [1.54, 1.807) is 18.9 Å². The second-order valence-electron chi connectivity index (χ2n) is 4.97. The smallest absolute Gasteiger partial charge is 0.230 e. The van der Waals surface area contributed by atoms with E-state index in [0.717, 1.165) is 11.3 Å². The first kappa shape index (κ1) is 18.5. The van der Waals surface area contributed by atoms with E-state index < -0.39 is 0 Å². The summed E-state index contributed by atoms with van der Waals surface area (Å²) < 4.78 is 10.8. The summed E-state index contributed by atoms with van der Waals surface area (Å²) in [4.78, 5) is 11.8. The largest absolute Gasteiger partial charge is 0.493 e. The molecule has 0 bridgehead atoms. The highest BCUT2D eigenvalue weighted by Crippen LogP contribution is 2.25. The molecule has 6 heteroatoms. The molecule has 0 aliphatic carbocycles. The minimum atomic E-state index is -0.00865. The van der Waals surface area contributed by atoms with Crippen LogP contribution in [0.15, 0.2) is 48.5 Å². The monoisotopic (exact) mass is 365 g/mol. The lowest BCUT2D eigenvalue weighted by Gasteiger charge is -2.10. The summed E-state index contributed by atoms with van der Waals surface area (Å²) >= 11 is 7.48. The van der Waals surface area contributed by atoms with Crippen LogP contribution in [-0.4, -0.2) is 31.9 Å². The molecule has 0 heterocycles. The van der Waals surface area contributed by atoms with Gasteiger partial charge in [0.1, 0.15) is 6.61 Å². The first-order chi connectivity index (χ1) is 11.7. The van der Waals surface area contributed by atoms with Crippen LogP contribution in [0.25, 0.3) is 0 Å². The minimum absolute atomic E-state index is 0.00865. The number of rotatable bonds is 9. The number of para-hydroxylation sites is 2. The van der Waals surface area contributed by atoms with Crippen molar-refractivity contribution < 1.29 is 14.3 Å². The van der Waals surface area contributed by atoms with Crippen LogP contribution in [0.1, 0.15) is 5.56 Å². The molecular weight excluding hydrogens is 346 g/mol. The summed E-state index contributed by atoms with van der Waals surface area (Å²) in [6.45, 7) is 0.847. The first-order valence-corrected chi connectivity index (χ1v) is 9.07. The first-order valence-electron chi connectivity index (χ1n) is 7.54. The van der Waals surface area contributed by atoms with Crippen molar-refractivity contribution in [2.75, 3.05) is 26.0 Å². The van der Waals surface area contributed by atoms with Crippen molar-refractivity contribution in [2.24, 2.45) is 0 Å². The van der Waals surface area contributed by atoms with Crippen molar-refractivity contribution in [1.82, 2.24) is 5.32 Å². The zero-order valence-corrected chi connectivity index (χ0v) is 15.0. The Morgan fingerprint density at radius 3 is 2.71 bits per heavy atom. The summed E-state index contributed by atoms with van der Waals surface area (Å²) in [6, 6.07) is 15.1. The van der Waals surface area contributed by atoms with Crippen molar-refractivity contribution in [3.05, 3.63) is 59.1 Å². The molecule has 0 aliphatic rings.